The number of hydrogen-bond donors (Lipinski definition) is 0. The van der Waals surface area contributed by atoms with Gasteiger partial charge < -0.3 is 4.84 Å². The summed E-state index contributed by atoms with van der Waals surface area (Å²) in [5, 5.41) is 17.6. The number of nitrogens with zero attached hydrogens (tertiary/aromatic N) is 3. The molecule has 76 valence electrons. The van der Waals surface area contributed by atoms with Gasteiger partial charge in [-0.3, -0.25) is 0 Å². The van der Waals surface area contributed by atoms with Crippen molar-refractivity contribution in [3.8, 4) is 17.9 Å². The molecule has 0 bridgehead atoms. The summed E-state index contributed by atoms with van der Waals surface area (Å²) in [5.74, 6) is 0.428. The van der Waals surface area contributed by atoms with Crippen LogP contribution in [0.25, 0.3) is 0 Å². The molecule has 0 aliphatic carbocycles. The maximum Gasteiger partial charge on any atom is 0.173 e. The fraction of sp³-hybridized carbons (Fsp3) is 0. The van der Waals surface area contributed by atoms with Gasteiger partial charge in [0.15, 0.2) is 5.75 Å². The van der Waals surface area contributed by atoms with Gasteiger partial charge in [0, 0.05) is 12.4 Å². The predicted octanol–water partition coefficient (Wildman–Crippen LogP) is 2.07. The van der Waals surface area contributed by atoms with Crippen LogP contribution in [-0.2, 0) is 0 Å². The lowest BCUT2D eigenvalue weighted by Crippen LogP contribution is -2.02. The normalized spacial score (nSPS) is 9.12. The van der Waals surface area contributed by atoms with Crippen LogP contribution in [0.3, 0.4) is 0 Å². The molecule has 1 aromatic heterocycles. The monoisotopic (exact) mass is 209 g/mol. The van der Waals surface area contributed by atoms with Crippen molar-refractivity contribution in [3.63, 3.8) is 0 Å². The van der Waals surface area contributed by atoms with Crippen LogP contribution in [0.4, 0.5) is 0 Å². The molecule has 0 aliphatic rings. The zero-order valence-corrected chi connectivity index (χ0v) is 8.29. The smallest absolute Gasteiger partial charge is 0.173 e. The molecule has 2 rings (SSSR count). The molecule has 16 heavy (non-hydrogen) atoms. The van der Waals surface area contributed by atoms with E-state index >= 15 is 0 Å². The highest BCUT2D eigenvalue weighted by atomic mass is 16.7. The molecule has 1 aromatic carbocycles. The summed E-state index contributed by atoms with van der Waals surface area (Å²) in [4.78, 5) is 5.42. The highest BCUT2D eigenvalue weighted by Gasteiger charge is 2.05. The van der Waals surface area contributed by atoms with Crippen LogP contribution in [-0.4, -0.2) is 4.73 Å². The highest BCUT2D eigenvalue weighted by molar-refractivity contribution is 5.48. The van der Waals surface area contributed by atoms with Crippen LogP contribution in [0.1, 0.15) is 11.1 Å². The maximum atomic E-state index is 8.92. The number of nitriles is 2. The van der Waals surface area contributed by atoms with E-state index in [1.165, 1.54) is 10.8 Å². The van der Waals surface area contributed by atoms with Gasteiger partial charge in [0.25, 0.3) is 0 Å². The zero-order chi connectivity index (χ0) is 11.4. The molecule has 0 saturated heterocycles. The predicted molar refractivity (Wildman–Crippen MR) is 56.3 cm³/mol. The summed E-state index contributed by atoms with van der Waals surface area (Å²) in [6, 6.07) is 12.3. The van der Waals surface area contributed by atoms with Gasteiger partial charge in [-0.1, -0.05) is 0 Å². The van der Waals surface area contributed by atoms with Gasteiger partial charge in [-0.15, -0.1) is 0 Å². The van der Waals surface area contributed by atoms with Crippen molar-refractivity contribution in [3.05, 3.63) is 53.9 Å². The van der Waals surface area contributed by atoms with Crippen molar-refractivity contribution in [1.82, 2.24) is 4.73 Å². The van der Waals surface area contributed by atoms with E-state index in [2.05, 4.69) is 0 Å². The van der Waals surface area contributed by atoms with Crippen LogP contribution >= 0.6 is 0 Å². The van der Waals surface area contributed by atoms with E-state index in [0.717, 1.165) is 0 Å². The van der Waals surface area contributed by atoms with Crippen molar-refractivity contribution < 1.29 is 4.84 Å². The van der Waals surface area contributed by atoms with Crippen LogP contribution in [0, 0.1) is 22.7 Å². The SMILES string of the molecule is N#Cc1ccc(On2cccc2)c(C#N)c1. The maximum absolute atomic E-state index is 8.92. The lowest BCUT2D eigenvalue weighted by molar-refractivity contribution is 0.216. The summed E-state index contributed by atoms with van der Waals surface area (Å²) < 4.78 is 1.49. The van der Waals surface area contributed by atoms with Gasteiger partial charge in [0.2, 0.25) is 0 Å². The average molecular weight is 209 g/mol. The number of rotatable bonds is 2. The van der Waals surface area contributed by atoms with Gasteiger partial charge in [-0.2, -0.15) is 15.3 Å². The van der Waals surface area contributed by atoms with E-state index in [4.69, 9.17) is 15.4 Å². The topological polar surface area (TPSA) is 61.7 Å². The lowest BCUT2D eigenvalue weighted by Gasteiger charge is -2.07. The Balaban J connectivity index is 2.36. The third kappa shape index (κ3) is 1.87. The van der Waals surface area contributed by atoms with Crippen molar-refractivity contribution in [2.24, 2.45) is 0 Å². The first-order valence-corrected chi connectivity index (χ1v) is 4.59. The van der Waals surface area contributed by atoms with Crippen LogP contribution < -0.4 is 4.84 Å². The van der Waals surface area contributed by atoms with E-state index in [1.807, 2.05) is 24.3 Å². The first kappa shape index (κ1) is 9.82. The van der Waals surface area contributed by atoms with Crippen LogP contribution in [0.15, 0.2) is 42.7 Å². The van der Waals surface area contributed by atoms with Gasteiger partial charge in [-0.25, -0.2) is 0 Å². The first-order valence-electron chi connectivity index (χ1n) is 4.59. The van der Waals surface area contributed by atoms with Crippen molar-refractivity contribution in [2.75, 3.05) is 0 Å². The van der Waals surface area contributed by atoms with Crippen LogP contribution in [0.2, 0.25) is 0 Å². The fourth-order valence-corrected chi connectivity index (χ4v) is 1.26. The standard InChI is InChI=1S/C12H7N3O/c13-8-10-3-4-12(11(7-10)9-14)16-15-5-1-2-6-15/h1-7H. The third-order valence-corrected chi connectivity index (χ3v) is 2.01. The quantitative estimate of drug-likeness (QED) is 0.760. The largest absolute Gasteiger partial charge is 0.374 e. The Morgan fingerprint density at radius 2 is 1.81 bits per heavy atom. The second-order valence-corrected chi connectivity index (χ2v) is 3.07. The molecule has 0 amide bonds. The third-order valence-electron chi connectivity index (χ3n) is 2.01. The lowest BCUT2D eigenvalue weighted by atomic mass is 10.1. The molecule has 4 heteroatoms. The molecule has 0 aliphatic heterocycles. The molecule has 1 heterocycles. The molecule has 0 unspecified atom stereocenters. The molecule has 2 aromatic rings. The average Bonchev–Trinajstić information content (AvgIpc) is 2.82. The molecule has 4 nitrogen and oxygen atoms in total. The van der Waals surface area contributed by atoms with Crippen molar-refractivity contribution in [1.29, 1.82) is 10.5 Å². The van der Waals surface area contributed by atoms with E-state index in [-0.39, 0.29) is 0 Å². The Hall–Kier alpha value is -2.72. The van der Waals surface area contributed by atoms with E-state index in [1.54, 1.807) is 24.5 Å². The minimum atomic E-state index is 0.341. The molecule has 0 fully saturated rings. The molecule has 0 atom stereocenters. The second kappa shape index (κ2) is 4.20. The van der Waals surface area contributed by atoms with Crippen molar-refractivity contribution in [2.45, 2.75) is 0 Å². The summed E-state index contributed by atoms with van der Waals surface area (Å²) >= 11 is 0. The molecule has 0 spiro atoms. The van der Waals surface area contributed by atoms with Crippen LogP contribution in [0.5, 0.6) is 5.75 Å². The summed E-state index contributed by atoms with van der Waals surface area (Å²) in [7, 11) is 0. The van der Waals surface area contributed by atoms with Crippen molar-refractivity contribution >= 4 is 0 Å². The summed E-state index contributed by atoms with van der Waals surface area (Å²) in [5.41, 5.74) is 0.782. The molecule has 0 N–H and O–H groups in total. The Bertz CT molecular complexity index is 573. The Labute approximate surface area is 92.5 Å². The number of hydrogen-bond acceptors (Lipinski definition) is 3. The second-order valence-electron chi connectivity index (χ2n) is 3.07. The van der Waals surface area contributed by atoms with Gasteiger partial charge >= 0.3 is 0 Å². The molecule has 0 saturated carbocycles. The Kier molecular flexibility index (Phi) is 2.58. The first-order chi connectivity index (χ1) is 7.83. The summed E-state index contributed by atoms with van der Waals surface area (Å²) in [6.45, 7) is 0. The molecular weight excluding hydrogens is 202 g/mol. The summed E-state index contributed by atoms with van der Waals surface area (Å²) in [6.07, 6.45) is 3.44. The van der Waals surface area contributed by atoms with Gasteiger partial charge in [-0.05, 0) is 30.3 Å². The van der Waals surface area contributed by atoms with Gasteiger partial charge in [0.05, 0.1) is 17.2 Å². The minimum Gasteiger partial charge on any atom is -0.374 e. The molecule has 0 radical (unpaired) electrons. The van der Waals surface area contributed by atoms with E-state index in [0.29, 0.717) is 16.9 Å². The highest BCUT2D eigenvalue weighted by Crippen LogP contribution is 2.19. The number of aromatic nitrogens is 1. The Morgan fingerprint density at radius 1 is 1.06 bits per heavy atom. The molecular formula is C12H7N3O. The zero-order valence-electron chi connectivity index (χ0n) is 8.29. The minimum absolute atomic E-state index is 0.341. The fourth-order valence-electron chi connectivity index (χ4n) is 1.26. The number of benzene rings is 1. The van der Waals surface area contributed by atoms with E-state index in [9.17, 15) is 0 Å². The van der Waals surface area contributed by atoms with Gasteiger partial charge in [0.1, 0.15) is 6.07 Å². The van der Waals surface area contributed by atoms with E-state index < -0.39 is 0 Å². The Morgan fingerprint density at radius 3 is 2.44 bits per heavy atom.